The maximum atomic E-state index is 12.1. The van der Waals surface area contributed by atoms with E-state index in [0.717, 1.165) is 19.3 Å². The van der Waals surface area contributed by atoms with E-state index < -0.39 is 5.60 Å². The number of amides is 1. The summed E-state index contributed by atoms with van der Waals surface area (Å²) < 4.78 is 5.44. The maximum absolute atomic E-state index is 12.1. The second-order valence-corrected chi connectivity index (χ2v) is 7.37. The normalized spacial score (nSPS) is 18.9. The van der Waals surface area contributed by atoms with Gasteiger partial charge in [-0.05, 0) is 63.5 Å². The van der Waals surface area contributed by atoms with Gasteiger partial charge in [-0.15, -0.1) is 11.3 Å². The van der Waals surface area contributed by atoms with E-state index in [2.05, 4.69) is 12.3 Å². The molecule has 0 spiro atoms. The van der Waals surface area contributed by atoms with Crippen LogP contribution >= 0.6 is 11.3 Å². The van der Waals surface area contributed by atoms with Crippen molar-refractivity contribution in [2.75, 3.05) is 7.05 Å². The van der Waals surface area contributed by atoms with Crippen molar-refractivity contribution in [2.45, 2.75) is 58.6 Å². The molecule has 4 heteroatoms. The summed E-state index contributed by atoms with van der Waals surface area (Å²) in [6.45, 7) is 7.89. The van der Waals surface area contributed by atoms with E-state index in [1.165, 1.54) is 16.0 Å². The SMILES string of the molecule is Cc1scc2c1CCC(N(C)C(=O)OC(C)(C)C)C2. The number of thiophene rings is 1. The molecule has 0 radical (unpaired) electrons. The average molecular weight is 281 g/mol. The standard InChI is InChI=1S/C15H23NO2S/c1-10-13-7-6-12(8-11(13)9-19-10)16(5)14(17)18-15(2,3)4/h9,12H,6-8H2,1-5H3. The minimum atomic E-state index is -0.426. The minimum absolute atomic E-state index is 0.215. The number of carbonyl (C=O) groups is 1. The Balaban J connectivity index is 2.02. The number of hydrogen-bond donors (Lipinski definition) is 0. The molecule has 1 atom stereocenters. The molecule has 0 bridgehead atoms. The van der Waals surface area contributed by atoms with E-state index >= 15 is 0 Å². The first-order valence-electron chi connectivity index (χ1n) is 6.79. The Morgan fingerprint density at radius 1 is 1.47 bits per heavy atom. The van der Waals surface area contributed by atoms with Gasteiger partial charge in [0.05, 0.1) is 0 Å². The fourth-order valence-electron chi connectivity index (χ4n) is 2.52. The van der Waals surface area contributed by atoms with Gasteiger partial charge >= 0.3 is 6.09 Å². The molecule has 0 saturated heterocycles. The Bertz CT molecular complexity index is 473. The zero-order chi connectivity index (χ0) is 14.2. The Kier molecular flexibility index (Phi) is 3.90. The van der Waals surface area contributed by atoms with Crippen molar-refractivity contribution in [3.8, 4) is 0 Å². The predicted octanol–water partition coefficient (Wildman–Crippen LogP) is 3.78. The third-order valence-electron chi connectivity index (χ3n) is 3.60. The van der Waals surface area contributed by atoms with Crippen LogP contribution in [0.4, 0.5) is 4.79 Å². The summed E-state index contributed by atoms with van der Waals surface area (Å²) >= 11 is 1.82. The summed E-state index contributed by atoms with van der Waals surface area (Å²) in [7, 11) is 1.85. The number of hydrogen-bond acceptors (Lipinski definition) is 3. The van der Waals surface area contributed by atoms with Gasteiger partial charge in [0.25, 0.3) is 0 Å². The molecule has 3 nitrogen and oxygen atoms in total. The average Bonchev–Trinajstić information content (AvgIpc) is 2.67. The first kappa shape index (κ1) is 14.4. The topological polar surface area (TPSA) is 29.5 Å². The van der Waals surface area contributed by atoms with Crippen LogP contribution in [-0.2, 0) is 17.6 Å². The number of ether oxygens (including phenoxy) is 1. The number of nitrogens with zero attached hydrogens (tertiary/aromatic N) is 1. The van der Waals surface area contributed by atoms with E-state index in [0.29, 0.717) is 0 Å². The third kappa shape index (κ3) is 3.30. The van der Waals surface area contributed by atoms with Gasteiger partial charge in [0, 0.05) is 18.0 Å². The highest BCUT2D eigenvalue weighted by molar-refractivity contribution is 7.10. The highest BCUT2D eigenvalue weighted by Crippen LogP contribution is 2.31. The van der Waals surface area contributed by atoms with Crippen LogP contribution in [-0.4, -0.2) is 29.7 Å². The Morgan fingerprint density at radius 3 is 2.79 bits per heavy atom. The maximum Gasteiger partial charge on any atom is 0.410 e. The fraction of sp³-hybridized carbons (Fsp3) is 0.667. The van der Waals surface area contributed by atoms with Crippen molar-refractivity contribution >= 4 is 17.4 Å². The van der Waals surface area contributed by atoms with Gasteiger partial charge in [-0.1, -0.05) is 0 Å². The first-order valence-corrected chi connectivity index (χ1v) is 7.67. The van der Waals surface area contributed by atoms with Crippen LogP contribution in [0, 0.1) is 6.92 Å². The van der Waals surface area contributed by atoms with Crippen LogP contribution in [0.2, 0.25) is 0 Å². The summed E-state index contributed by atoms with van der Waals surface area (Å²) in [5.41, 5.74) is 2.48. The lowest BCUT2D eigenvalue weighted by atomic mass is 9.89. The first-order chi connectivity index (χ1) is 8.78. The molecule has 0 aromatic carbocycles. The van der Waals surface area contributed by atoms with Crippen LogP contribution in [0.15, 0.2) is 5.38 Å². The molecule has 0 N–H and O–H groups in total. The number of rotatable bonds is 1. The van der Waals surface area contributed by atoms with Crippen LogP contribution < -0.4 is 0 Å². The van der Waals surface area contributed by atoms with Gasteiger partial charge in [-0.3, -0.25) is 0 Å². The molecular weight excluding hydrogens is 258 g/mol. The highest BCUT2D eigenvalue weighted by atomic mass is 32.1. The van der Waals surface area contributed by atoms with Crippen LogP contribution in [0.3, 0.4) is 0 Å². The van der Waals surface area contributed by atoms with E-state index in [9.17, 15) is 4.79 Å². The molecule has 1 aliphatic rings. The fourth-order valence-corrected chi connectivity index (χ4v) is 3.45. The second-order valence-electron chi connectivity index (χ2n) is 6.28. The number of carbonyl (C=O) groups excluding carboxylic acids is 1. The lowest BCUT2D eigenvalue weighted by Crippen LogP contribution is -2.43. The number of fused-ring (bicyclic) bond motifs is 1. The molecular formula is C15H23NO2S. The molecule has 1 heterocycles. The number of likely N-dealkylation sites (N-methyl/N-ethyl adjacent to an activating group) is 1. The lowest BCUT2D eigenvalue weighted by Gasteiger charge is -2.33. The van der Waals surface area contributed by atoms with Crippen LogP contribution in [0.25, 0.3) is 0 Å². The molecule has 19 heavy (non-hydrogen) atoms. The Morgan fingerprint density at radius 2 is 2.16 bits per heavy atom. The van der Waals surface area contributed by atoms with Gasteiger partial charge < -0.3 is 9.64 Å². The summed E-state index contributed by atoms with van der Waals surface area (Å²) in [6.07, 6.45) is 2.84. The molecule has 1 aliphatic carbocycles. The predicted molar refractivity (Wildman–Crippen MR) is 78.9 cm³/mol. The molecule has 1 aromatic rings. The van der Waals surface area contributed by atoms with Crippen molar-refractivity contribution in [3.05, 3.63) is 21.4 Å². The van der Waals surface area contributed by atoms with Gasteiger partial charge in [-0.2, -0.15) is 0 Å². The van der Waals surface area contributed by atoms with Crippen LogP contribution in [0.1, 0.15) is 43.2 Å². The molecule has 106 valence electrons. The van der Waals surface area contributed by atoms with E-state index in [-0.39, 0.29) is 12.1 Å². The summed E-state index contributed by atoms with van der Waals surface area (Å²) in [4.78, 5) is 15.3. The molecule has 2 rings (SSSR count). The van der Waals surface area contributed by atoms with E-state index in [1.54, 1.807) is 4.90 Å². The summed E-state index contributed by atoms with van der Waals surface area (Å²) in [5, 5.41) is 2.24. The zero-order valence-electron chi connectivity index (χ0n) is 12.4. The van der Waals surface area contributed by atoms with E-state index in [4.69, 9.17) is 4.74 Å². The van der Waals surface area contributed by atoms with Crippen molar-refractivity contribution in [1.29, 1.82) is 0 Å². The highest BCUT2D eigenvalue weighted by Gasteiger charge is 2.29. The van der Waals surface area contributed by atoms with Crippen LogP contribution in [0.5, 0.6) is 0 Å². The molecule has 0 fully saturated rings. The van der Waals surface area contributed by atoms with Gasteiger partial charge in [0.15, 0.2) is 0 Å². The van der Waals surface area contributed by atoms with Gasteiger partial charge in [0.2, 0.25) is 0 Å². The van der Waals surface area contributed by atoms with Crippen molar-refractivity contribution in [1.82, 2.24) is 4.90 Å². The van der Waals surface area contributed by atoms with Gasteiger partial charge in [-0.25, -0.2) is 4.79 Å². The molecule has 0 aliphatic heterocycles. The van der Waals surface area contributed by atoms with Crippen molar-refractivity contribution in [2.24, 2.45) is 0 Å². The lowest BCUT2D eigenvalue weighted by molar-refractivity contribution is 0.0210. The second kappa shape index (κ2) is 5.16. The minimum Gasteiger partial charge on any atom is -0.444 e. The smallest absolute Gasteiger partial charge is 0.410 e. The third-order valence-corrected chi connectivity index (χ3v) is 4.61. The summed E-state index contributed by atoms with van der Waals surface area (Å²) in [6, 6.07) is 0.261. The quantitative estimate of drug-likeness (QED) is 0.784. The van der Waals surface area contributed by atoms with Crippen molar-refractivity contribution in [3.63, 3.8) is 0 Å². The largest absolute Gasteiger partial charge is 0.444 e. The molecule has 1 unspecified atom stereocenters. The van der Waals surface area contributed by atoms with Gasteiger partial charge in [0.1, 0.15) is 5.60 Å². The monoisotopic (exact) mass is 281 g/mol. The molecule has 0 saturated carbocycles. The van der Waals surface area contributed by atoms with Crippen molar-refractivity contribution < 1.29 is 9.53 Å². The number of aryl methyl sites for hydroxylation is 1. The summed E-state index contributed by atoms with van der Waals surface area (Å²) in [5.74, 6) is 0. The molecule has 1 aromatic heterocycles. The zero-order valence-corrected chi connectivity index (χ0v) is 13.3. The Labute approximate surface area is 119 Å². The molecule has 1 amide bonds. The van der Waals surface area contributed by atoms with E-state index in [1.807, 2.05) is 39.2 Å². The Hall–Kier alpha value is -1.03.